The number of unbranched alkanes of at least 4 members (excludes halogenated alkanes) is 31. The summed E-state index contributed by atoms with van der Waals surface area (Å²) in [6.45, 7) is 4.08. The van der Waals surface area contributed by atoms with Crippen molar-refractivity contribution >= 4 is 11.9 Å². The number of carbonyl (C=O) groups is 2. The molecule has 0 spiro atoms. The number of esters is 1. The molecular formula is C57H105NO10. The molecule has 7 unspecified atom stereocenters. The van der Waals surface area contributed by atoms with Crippen LogP contribution in [0.2, 0.25) is 0 Å². The highest BCUT2D eigenvalue weighted by atomic mass is 16.7. The van der Waals surface area contributed by atoms with Crippen LogP contribution in [0.4, 0.5) is 0 Å². The second-order valence-electron chi connectivity index (χ2n) is 19.6. The van der Waals surface area contributed by atoms with Crippen molar-refractivity contribution in [2.75, 3.05) is 19.8 Å². The summed E-state index contributed by atoms with van der Waals surface area (Å²) < 4.78 is 16.6. The largest absolute Gasteiger partial charge is 0.466 e. The molecule has 0 saturated carbocycles. The lowest BCUT2D eigenvalue weighted by molar-refractivity contribution is -0.302. The topological polar surface area (TPSA) is 175 Å². The van der Waals surface area contributed by atoms with E-state index in [1.165, 1.54) is 154 Å². The lowest BCUT2D eigenvalue weighted by atomic mass is 9.99. The van der Waals surface area contributed by atoms with Crippen molar-refractivity contribution in [3.8, 4) is 0 Å². The molecule has 68 heavy (non-hydrogen) atoms. The molecule has 1 fully saturated rings. The molecule has 6 N–H and O–H groups in total. The van der Waals surface area contributed by atoms with Crippen LogP contribution in [-0.4, -0.2) is 100 Å². The van der Waals surface area contributed by atoms with Crippen molar-refractivity contribution in [2.45, 2.75) is 294 Å². The first kappa shape index (κ1) is 63.9. The Kier molecular flexibility index (Phi) is 44.4. The zero-order valence-corrected chi connectivity index (χ0v) is 43.6. The van der Waals surface area contributed by atoms with Crippen molar-refractivity contribution in [3.63, 3.8) is 0 Å². The maximum absolute atomic E-state index is 13.0. The molecule has 11 nitrogen and oxygen atoms in total. The number of carbonyl (C=O) groups excluding carboxylic acids is 2. The van der Waals surface area contributed by atoms with Gasteiger partial charge in [0, 0.05) is 12.8 Å². The summed E-state index contributed by atoms with van der Waals surface area (Å²) in [7, 11) is 0. The van der Waals surface area contributed by atoms with Crippen molar-refractivity contribution in [1.82, 2.24) is 5.32 Å². The van der Waals surface area contributed by atoms with E-state index in [0.717, 1.165) is 70.6 Å². The van der Waals surface area contributed by atoms with Crippen LogP contribution >= 0.6 is 0 Å². The van der Waals surface area contributed by atoms with Gasteiger partial charge in [-0.15, -0.1) is 0 Å². The molecule has 0 bridgehead atoms. The Morgan fingerprint density at radius 3 is 1.46 bits per heavy atom. The number of aliphatic hydroxyl groups excluding tert-OH is 5. The van der Waals surface area contributed by atoms with Gasteiger partial charge >= 0.3 is 5.97 Å². The number of aliphatic hydroxyl groups is 5. The van der Waals surface area contributed by atoms with Gasteiger partial charge in [-0.1, -0.05) is 223 Å². The van der Waals surface area contributed by atoms with Gasteiger partial charge < -0.3 is 45.1 Å². The highest BCUT2D eigenvalue weighted by Crippen LogP contribution is 2.23. The van der Waals surface area contributed by atoms with Crippen LogP contribution in [0.25, 0.3) is 0 Å². The lowest BCUT2D eigenvalue weighted by Gasteiger charge is -2.40. The van der Waals surface area contributed by atoms with E-state index in [4.69, 9.17) is 14.2 Å². The fourth-order valence-electron chi connectivity index (χ4n) is 8.83. The van der Waals surface area contributed by atoms with Crippen LogP contribution < -0.4 is 5.32 Å². The van der Waals surface area contributed by atoms with Gasteiger partial charge in [-0.3, -0.25) is 9.59 Å². The Labute approximate surface area is 415 Å². The SMILES string of the molecule is C/C=C/CC/C=C/CC/C=C/C(O)C(COC1OC(CO)C(O)C(O)C1O)NC(=O)CCCCCCCCCCCCCCCCCCCCCCOC(=O)CCCCCCCCCCCCC. The Morgan fingerprint density at radius 2 is 0.985 bits per heavy atom. The van der Waals surface area contributed by atoms with E-state index in [0.29, 0.717) is 19.4 Å². The molecule has 1 heterocycles. The molecule has 398 valence electrons. The molecule has 0 aliphatic carbocycles. The molecule has 0 aromatic heterocycles. The van der Waals surface area contributed by atoms with E-state index in [9.17, 15) is 35.1 Å². The minimum absolute atomic E-state index is 0.00513. The molecule has 1 amide bonds. The number of rotatable bonds is 48. The number of amides is 1. The smallest absolute Gasteiger partial charge is 0.305 e. The van der Waals surface area contributed by atoms with Crippen LogP contribution in [0.3, 0.4) is 0 Å². The average Bonchev–Trinajstić information content (AvgIpc) is 3.33. The predicted molar refractivity (Wildman–Crippen MR) is 278 cm³/mol. The average molecular weight is 964 g/mol. The molecule has 0 aromatic carbocycles. The van der Waals surface area contributed by atoms with Crippen LogP contribution in [-0.2, 0) is 23.8 Å². The van der Waals surface area contributed by atoms with Gasteiger partial charge in [0.1, 0.15) is 24.4 Å². The van der Waals surface area contributed by atoms with Crippen LogP contribution in [0.15, 0.2) is 36.5 Å². The molecule has 1 rings (SSSR count). The minimum atomic E-state index is -1.58. The molecule has 7 atom stereocenters. The Hall–Kier alpha value is -2.12. The van der Waals surface area contributed by atoms with Gasteiger partial charge in [0.2, 0.25) is 5.91 Å². The fraction of sp³-hybridized carbons (Fsp3) is 0.860. The Balaban J connectivity index is 2.04. The van der Waals surface area contributed by atoms with E-state index in [-0.39, 0.29) is 18.5 Å². The maximum Gasteiger partial charge on any atom is 0.305 e. The predicted octanol–water partition coefficient (Wildman–Crippen LogP) is 12.3. The molecule has 0 aromatic rings. The number of hydrogen-bond donors (Lipinski definition) is 6. The summed E-state index contributed by atoms with van der Waals surface area (Å²) in [6.07, 6.45) is 46.9. The summed E-state index contributed by atoms with van der Waals surface area (Å²) in [5.74, 6) is -0.207. The third kappa shape index (κ3) is 36.8. The van der Waals surface area contributed by atoms with Gasteiger partial charge in [-0.2, -0.15) is 0 Å². The molecular weight excluding hydrogens is 859 g/mol. The fourth-order valence-corrected chi connectivity index (χ4v) is 8.83. The zero-order valence-electron chi connectivity index (χ0n) is 43.6. The maximum atomic E-state index is 13.0. The van der Waals surface area contributed by atoms with E-state index in [1.54, 1.807) is 6.08 Å². The van der Waals surface area contributed by atoms with E-state index < -0.39 is 49.5 Å². The molecule has 11 heteroatoms. The quantitative estimate of drug-likeness (QED) is 0.0196. The standard InChI is InChI=1S/C57H105NO10/c1-3-5-7-9-11-13-24-29-33-37-41-45-53(62)66-46-42-38-34-30-26-23-21-19-17-15-14-16-18-20-22-25-28-32-36-40-44-52(61)58-49(50(60)43-39-35-31-27-12-10-8-6-4-2)48-67-57-56(65)55(64)54(63)51(47-59)68-57/h4,6,12,27,39,43,49-51,54-57,59-60,63-65H,3,5,7-11,13-26,28-38,40-42,44-48H2,1-2H3,(H,58,61)/b6-4+,27-12+,43-39+. The highest BCUT2D eigenvalue weighted by Gasteiger charge is 2.44. The number of hydrogen-bond acceptors (Lipinski definition) is 10. The first-order valence-corrected chi connectivity index (χ1v) is 28.2. The lowest BCUT2D eigenvalue weighted by Crippen LogP contribution is -2.60. The highest BCUT2D eigenvalue weighted by molar-refractivity contribution is 5.76. The Morgan fingerprint density at radius 1 is 0.559 bits per heavy atom. The van der Waals surface area contributed by atoms with Gasteiger partial charge in [-0.05, 0) is 51.9 Å². The summed E-state index contributed by atoms with van der Waals surface area (Å²) >= 11 is 0. The summed E-state index contributed by atoms with van der Waals surface area (Å²) in [6, 6.07) is -0.834. The zero-order chi connectivity index (χ0) is 49.6. The van der Waals surface area contributed by atoms with Gasteiger partial charge in [0.25, 0.3) is 0 Å². The van der Waals surface area contributed by atoms with E-state index in [1.807, 2.05) is 19.1 Å². The number of nitrogens with one attached hydrogen (secondary N) is 1. The van der Waals surface area contributed by atoms with Crippen LogP contribution in [0.5, 0.6) is 0 Å². The molecule has 1 aliphatic heterocycles. The molecule has 1 saturated heterocycles. The normalized spacial score (nSPS) is 19.7. The van der Waals surface area contributed by atoms with Crippen LogP contribution in [0.1, 0.15) is 251 Å². The van der Waals surface area contributed by atoms with Gasteiger partial charge in [-0.25, -0.2) is 0 Å². The summed E-state index contributed by atoms with van der Waals surface area (Å²) in [5, 5.41) is 54.1. The summed E-state index contributed by atoms with van der Waals surface area (Å²) in [4.78, 5) is 25.0. The van der Waals surface area contributed by atoms with E-state index in [2.05, 4.69) is 30.5 Å². The number of allylic oxidation sites excluding steroid dienone is 5. The second-order valence-corrected chi connectivity index (χ2v) is 19.6. The van der Waals surface area contributed by atoms with Crippen molar-refractivity contribution < 1.29 is 49.3 Å². The Bertz CT molecular complexity index is 1230. The van der Waals surface area contributed by atoms with Crippen LogP contribution in [0, 0.1) is 0 Å². The third-order valence-electron chi connectivity index (χ3n) is 13.3. The second kappa shape index (κ2) is 47.2. The minimum Gasteiger partial charge on any atom is -0.466 e. The van der Waals surface area contributed by atoms with E-state index >= 15 is 0 Å². The van der Waals surface area contributed by atoms with Gasteiger partial charge in [0.05, 0.1) is 32.0 Å². The summed E-state index contributed by atoms with van der Waals surface area (Å²) in [5.41, 5.74) is 0. The van der Waals surface area contributed by atoms with Gasteiger partial charge in [0.15, 0.2) is 6.29 Å². The molecule has 0 radical (unpaired) electrons. The van der Waals surface area contributed by atoms with Crippen molar-refractivity contribution in [1.29, 1.82) is 0 Å². The van der Waals surface area contributed by atoms with Crippen molar-refractivity contribution in [3.05, 3.63) is 36.5 Å². The number of ether oxygens (including phenoxy) is 3. The molecule has 1 aliphatic rings. The first-order chi connectivity index (χ1) is 33.2. The third-order valence-corrected chi connectivity index (χ3v) is 13.3. The first-order valence-electron chi connectivity index (χ1n) is 28.2. The van der Waals surface area contributed by atoms with Crippen molar-refractivity contribution in [2.24, 2.45) is 0 Å². The monoisotopic (exact) mass is 964 g/mol.